The topological polar surface area (TPSA) is 531 Å². The van der Waals surface area contributed by atoms with E-state index in [1.165, 1.54) is 24.3 Å². The van der Waals surface area contributed by atoms with E-state index in [4.69, 9.17) is 17.2 Å². The second-order valence-corrected chi connectivity index (χ2v) is 27.1. The van der Waals surface area contributed by atoms with Crippen LogP contribution in [-0.4, -0.2) is 199 Å². The molecule has 1 fully saturated rings. The molecule has 12 amide bonds. The number of carboxylic acids is 2. The third-order valence-corrected chi connectivity index (χ3v) is 18.7. The van der Waals surface area contributed by atoms with Crippen molar-refractivity contribution in [2.75, 3.05) is 18.8 Å². The van der Waals surface area contributed by atoms with Gasteiger partial charge in [-0.25, -0.2) is 4.98 Å². The Kier molecular flexibility index (Phi) is 35.1. The number of imidazole rings is 1. The summed E-state index contributed by atoms with van der Waals surface area (Å²) in [6, 6.07) is -7.43. The lowest BCUT2D eigenvalue weighted by Gasteiger charge is -2.30. The lowest BCUT2D eigenvalue weighted by Crippen LogP contribution is -2.62. The minimum absolute atomic E-state index is 0.000843. The SMILES string of the molecule is CCC(C)C(N)C1N=C(C(=O)N[C@@H](CC(C)C)C(=O)N[C@H](CCC(=O)O)C(=O)N[C@H](C(=O)N[C@H]2CCCCNC(=O)C(CC(N)=O)NC(=O)C(CC(=O)O)NC(=O)[C@H](Cc3cnc[nH]3)NC(=O)C(Cc3ccccc3)NC(=O)[C@H]([C@@H](C)CC)NC(=O)C(CCCN)NC2=O)[C@@H](C)CC)CS1. The number of thioether (sulfide) groups is 1. The number of carbonyl (C=O) groups is 14. The maximum atomic E-state index is 14.9. The molecule has 0 bridgehead atoms. The summed E-state index contributed by atoms with van der Waals surface area (Å²) in [7, 11) is 0. The number of primary amides is 1. The van der Waals surface area contributed by atoms with Crippen molar-refractivity contribution in [1.82, 2.24) is 68.5 Å². The molecule has 0 radical (unpaired) electrons. The van der Waals surface area contributed by atoms with Crippen LogP contribution in [0.3, 0.4) is 0 Å². The van der Waals surface area contributed by atoms with Gasteiger partial charge in [0, 0.05) is 49.5 Å². The van der Waals surface area contributed by atoms with Gasteiger partial charge in [-0.05, 0) is 80.7 Å². The fourth-order valence-electron chi connectivity index (χ4n) is 10.9. The van der Waals surface area contributed by atoms with Gasteiger partial charge in [0.15, 0.2) is 0 Å². The Labute approximate surface area is 586 Å². The first-order valence-corrected chi connectivity index (χ1v) is 35.1. The van der Waals surface area contributed by atoms with Crippen LogP contribution in [0.4, 0.5) is 0 Å². The van der Waals surface area contributed by atoms with Gasteiger partial charge in [-0.3, -0.25) is 72.1 Å². The number of nitrogens with zero attached hydrogens (tertiary/aromatic N) is 2. The Morgan fingerprint density at radius 2 is 1.26 bits per heavy atom. The van der Waals surface area contributed by atoms with Crippen molar-refractivity contribution < 1.29 is 77.3 Å². The molecule has 33 nitrogen and oxygen atoms in total. The van der Waals surface area contributed by atoms with Crippen molar-refractivity contribution >= 4 is 100 Å². The summed E-state index contributed by atoms with van der Waals surface area (Å²) in [6.45, 7) is 14.1. The van der Waals surface area contributed by atoms with Gasteiger partial charge in [0.2, 0.25) is 65.0 Å². The average Bonchev–Trinajstić information content (AvgIpc) is 1.37. The van der Waals surface area contributed by atoms with Gasteiger partial charge >= 0.3 is 11.9 Å². The number of amides is 12. The van der Waals surface area contributed by atoms with Crippen LogP contribution in [0.25, 0.3) is 0 Å². The van der Waals surface area contributed by atoms with Crippen LogP contribution < -0.4 is 75.7 Å². The average molecular weight is 1420 g/mol. The Hall–Kier alpha value is -9.05. The molecule has 20 N–H and O–H groups in total. The molecular formula is C66H103N17O16S. The molecule has 1 aromatic heterocycles. The molecule has 1 aromatic carbocycles. The van der Waals surface area contributed by atoms with E-state index < -0.39 is 186 Å². The van der Waals surface area contributed by atoms with E-state index in [-0.39, 0.29) is 107 Å². The van der Waals surface area contributed by atoms with Crippen LogP contribution in [-0.2, 0) is 80.0 Å². The first kappa shape index (κ1) is 83.4. The number of aliphatic carboxylic acids is 2. The molecule has 2 aliphatic heterocycles. The molecule has 2 aromatic rings. The number of aromatic nitrogens is 2. The fraction of sp³-hybridized carbons (Fsp3) is 0.636. The second kappa shape index (κ2) is 42.1. The van der Waals surface area contributed by atoms with Gasteiger partial charge in [0.1, 0.15) is 71.5 Å². The summed E-state index contributed by atoms with van der Waals surface area (Å²) < 4.78 is 0. The van der Waals surface area contributed by atoms with E-state index in [9.17, 15) is 77.3 Å². The number of H-pyrrole nitrogens is 1. The number of hydrogen-bond acceptors (Lipinski definition) is 19. The molecule has 34 heteroatoms. The van der Waals surface area contributed by atoms with E-state index in [0.29, 0.717) is 11.3 Å². The van der Waals surface area contributed by atoms with Gasteiger partial charge in [-0.15, -0.1) is 11.8 Å². The number of nitrogens with two attached hydrogens (primary N) is 3. The van der Waals surface area contributed by atoms with Crippen molar-refractivity contribution in [2.45, 2.75) is 224 Å². The summed E-state index contributed by atoms with van der Waals surface area (Å²) >= 11 is 1.39. The summed E-state index contributed by atoms with van der Waals surface area (Å²) in [4.78, 5) is 207. The number of carboxylic acid groups (broad SMARTS) is 2. The molecule has 100 heavy (non-hydrogen) atoms. The van der Waals surface area contributed by atoms with Crippen molar-refractivity contribution in [1.29, 1.82) is 0 Å². The predicted octanol–water partition coefficient (Wildman–Crippen LogP) is -1.68. The van der Waals surface area contributed by atoms with E-state index in [0.717, 1.165) is 6.42 Å². The van der Waals surface area contributed by atoms with Crippen molar-refractivity contribution in [3.8, 4) is 0 Å². The molecule has 3 heterocycles. The monoisotopic (exact) mass is 1420 g/mol. The summed E-state index contributed by atoms with van der Waals surface area (Å²) in [6.07, 6.45) is 0.367. The zero-order chi connectivity index (χ0) is 74.3. The van der Waals surface area contributed by atoms with Crippen molar-refractivity contribution in [3.63, 3.8) is 0 Å². The fourth-order valence-corrected chi connectivity index (χ4v) is 12.1. The minimum Gasteiger partial charge on any atom is -0.481 e. The molecule has 15 atom stereocenters. The normalized spacial score (nSPS) is 23.1. The van der Waals surface area contributed by atoms with E-state index in [1.807, 2.05) is 13.8 Å². The molecule has 0 saturated carbocycles. The lowest BCUT2D eigenvalue weighted by atomic mass is 9.96. The molecule has 0 spiro atoms. The van der Waals surface area contributed by atoms with Crippen LogP contribution in [0.1, 0.15) is 150 Å². The Morgan fingerprint density at radius 3 is 1.85 bits per heavy atom. The van der Waals surface area contributed by atoms with Crippen molar-refractivity contribution in [2.24, 2.45) is 45.9 Å². The number of aromatic amines is 1. The van der Waals surface area contributed by atoms with Gasteiger partial charge in [0.25, 0.3) is 5.91 Å². The number of nitrogens with one attached hydrogen (secondary N) is 12. The summed E-state index contributed by atoms with van der Waals surface area (Å²) in [5, 5.41) is 48.0. The molecule has 7 unspecified atom stereocenters. The maximum absolute atomic E-state index is 14.9. The molecule has 4 rings (SSSR count). The highest BCUT2D eigenvalue weighted by Gasteiger charge is 2.40. The molecular weight excluding hydrogens is 1320 g/mol. The molecule has 2 aliphatic rings. The largest absolute Gasteiger partial charge is 0.481 e. The Balaban J connectivity index is 1.77. The first-order valence-electron chi connectivity index (χ1n) is 34.1. The van der Waals surface area contributed by atoms with Gasteiger partial charge in [-0.1, -0.05) is 105 Å². The first-order chi connectivity index (χ1) is 47.4. The smallest absolute Gasteiger partial charge is 0.305 e. The quantitative estimate of drug-likeness (QED) is 0.0401. The highest BCUT2D eigenvalue weighted by atomic mass is 32.2. The standard InChI is InChI=1S/C66H103N17O16S/c1-9-35(6)52(69)66-81-48(32-100-66)63(97)76-43(26-34(4)5)59(93)74-42(22-23-50(85)86)58(92)83-53(36(7)10-2)64(98)75-40-20-15-16-25-71-55(89)46(29-49(68)84)78-62(96)47(30-51(87)88)79-61(95)45(28-39-31-70-33-72-39)77-60(94)44(27-38-18-13-12-14-19-38)80-65(99)54(37(8)11-3)82-57(91)41(21-17-24-67)73-56(40)90/h12-14,18-19,31,33-37,40-47,52-54,66H,9-11,15-17,20-30,32,67,69H2,1-8H3,(H2,68,84)(H,70,72)(H,71,89)(H,73,90)(H,74,93)(H,75,98)(H,76,97)(H,77,94)(H,78,96)(H,79,95)(H,80,99)(H,82,91)(H,83,92)(H,85,86)(H,87,88)/t35?,36-,37-,40-,41?,42+,43-,44?,45-,46?,47?,52?,53-,54-,66?/m0/s1. The second-order valence-electron chi connectivity index (χ2n) is 26.0. The Morgan fingerprint density at radius 1 is 0.660 bits per heavy atom. The Bertz CT molecular complexity index is 3160. The van der Waals surface area contributed by atoms with Crippen LogP contribution >= 0.6 is 11.8 Å². The molecule has 0 aliphatic carbocycles. The zero-order valence-electron chi connectivity index (χ0n) is 58.2. The third-order valence-electron chi connectivity index (χ3n) is 17.5. The predicted molar refractivity (Wildman–Crippen MR) is 369 cm³/mol. The summed E-state index contributed by atoms with van der Waals surface area (Å²) in [5.41, 5.74) is 18.9. The van der Waals surface area contributed by atoms with Crippen LogP contribution in [0, 0.1) is 23.7 Å². The van der Waals surface area contributed by atoms with Crippen LogP contribution in [0.2, 0.25) is 0 Å². The van der Waals surface area contributed by atoms with E-state index in [1.54, 1.807) is 71.9 Å². The van der Waals surface area contributed by atoms with Gasteiger partial charge < -0.3 is 90.9 Å². The van der Waals surface area contributed by atoms with Gasteiger partial charge in [-0.2, -0.15) is 0 Å². The van der Waals surface area contributed by atoms with Gasteiger partial charge in [0.05, 0.1) is 19.2 Å². The maximum Gasteiger partial charge on any atom is 0.305 e. The highest BCUT2D eigenvalue weighted by Crippen LogP contribution is 2.27. The number of carbonyl (C=O) groups excluding carboxylic acids is 12. The summed E-state index contributed by atoms with van der Waals surface area (Å²) in [5.74, 6) is -15.5. The third kappa shape index (κ3) is 27.6. The zero-order valence-corrected chi connectivity index (χ0v) is 59.0. The van der Waals surface area contributed by atoms with Crippen molar-refractivity contribution in [3.05, 3.63) is 54.1 Å². The number of rotatable bonds is 31. The van der Waals surface area contributed by atoms with Crippen LogP contribution in [0.15, 0.2) is 47.8 Å². The lowest BCUT2D eigenvalue weighted by molar-refractivity contribution is -0.142. The van der Waals surface area contributed by atoms with E-state index in [2.05, 4.69) is 73.4 Å². The molecule has 554 valence electrons. The highest BCUT2D eigenvalue weighted by molar-refractivity contribution is 8.01. The minimum atomic E-state index is -1.94. The molecule has 1 saturated heterocycles. The number of hydrogen-bond donors (Lipinski definition) is 17. The van der Waals surface area contributed by atoms with Crippen LogP contribution in [0.5, 0.6) is 0 Å². The number of aliphatic imine (C=N–C) groups is 1. The number of benzene rings is 1. The van der Waals surface area contributed by atoms with E-state index >= 15 is 0 Å².